The van der Waals surface area contributed by atoms with Crippen LogP contribution in [0.2, 0.25) is 0 Å². The minimum Gasteiger partial charge on any atom is -0.379 e. The third-order valence-corrected chi connectivity index (χ3v) is 8.65. The number of ether oxygens (including phenoxy) is 1. The quantitative estimate of drug-likeness (QED) is 0.504. The number of aryl methyl sites for hydroxylation is 1. The maximum Gasteiger partial charge on any atom is 0.195 e. The van der Waals surface area contributed by atoms with E-state index in [1.807, 2.05) is 12.1 Å². The van der Waals surface area contributed by atoms with Gasteiger partial charge in [-0.25, -0.2) is 4.85 Å². The zero-order chi connectivity index (χ0) is 25.0. The van der Waals surface area contributed by atoms with Crippen LogP contribution in [0.4, 0.5) is 11.4 Å². The van der Waals surface area contributed by atoms with Crippen molar-refractivity contribution >= 4 is 28.1 Å². The normalized spacial score (nSPS) is 20.3. The number of fused-ring (bicyclic) bond motifs is 4. The lowest BCUT2D eigenvalue weighted by atomic mass is 9.70. The summed E-state index contributed by atoms with van der Waals surface area (Å²) in [5.74, 6) is 0.0911. The molecule has 0 spiro atoms. The topological polar surface area (TPSA) is 52.9 Å². The number of carbonyl (C=O) groups is 1. The van der Waals surface area contributed by atoms with E-state index < -0.39 is 0 Å². The van der Waals surface area contributed by atoms with E-state index >= 15 is 0 Å². The first-order chi connectivity index (χ1) is 17.4. The molecular formula is C30H34N4O2. The van der Waals surface area contributed by atoms with E-state index in [2.05, 4.69) is 52.5 Å². The standard InChI is InChI=1S/C30H34N4O2/c1-5-19-16-23-24(18-26(19)34-10-8-21(9-11-34)33-12-14-36-15-13-33)30(2,3)29-27(28(23)35)22-7-6-20(31-4)17-25(22)32-29/h6-7,16-18,21,32H,5,8-15H2,1-3H3. The first-order valence-corrected chi connectivity index (χ1v) is 13.2. The Morgan fingerprint density at radius 2 is 1.86 bits per heavy atom. The number of aromatic nitrogens is 1. The van der Waals surface area contributed by atoms with E-state index in [1.54, 1.807) is 6.07 Å². The van der Waals surface area contributed by atoms with Gasteiger partial charge in [-0.2, -0.15) is 0 Å². The van der Waals surface area contributed by atoms with Crippen LogP contribution in [0.1, 0.15) is 66.4 Å². The Kier molecular flexibility index (Phi) is 5.66. The van der Waals surface area contributed by atoms with E-state index in [0.717, 1.165) is 91.9 Å². The van der Waals surface area contributed by atoms with E-state index in [4.69, 9.17) is 11.3 Å². The third kappa shape index (κ3) is 3.56. The van der Waals surface area contributed by atoms with Gasteiger partial charge in [-0.1, -0.05) is 32.9 Å². The summed E-state index contributed by atoms with van der Waals surface area (Å²) in [6.07, 6.45) is 3.23. The summed E-state index contributed by atoms with van der Waals surface area (Å²) in [6, 6.07) is 10.7. The van der Waals surface area contributed by atoms with Crippen molar-refractivity contribution in [1.29, 1.82) is 0 Å². The maximum absolute atomic E-state index is 13.9. The van der Waals surface area contributed by atoms with Gasteiger partial charge in [0.25, 0.3) is 0 Å². The molecule has 1 aromatic heterocycles. The molecule has 0 atom stereocenters. The zero-order valence-corrected chi connectivity index (χ0v) is 21.5. The molecule has 2 saturated heterocycles. The summed E-state index contributed by atoms with van der Waals surface area (Å²) in [4.78, 5) is 26.1. The SMILES string of the molecule is [C-]#[N+]c1ccc2c3c([nH]c2c1)C(C)(C)c1cc(N2CCC(N4CCOCC4)CC2)c(CC)cc1C3=O. The van der Waals surface area contributed by atoms with Crippen LogP contribution in [0.3, 0.4) is 0 Å². The van der Waals surface area contributed by atoms with Crippen molar-refractivity contribution in [3.63, 3.8) is 0 Å². The minimum absolute atomic E-state index is 0.0911. The van der Waals surface area contributed by atoms with Crippen molar-refractivity contribution in [2.45, 2.75) is 51.5 Å². The van der Waals surface area contributed by atoms with E-state index in [-0.39, 0.29) is 11.2 Å². The molecule has 1 N–H and O–H groups in total. The van der Waals surface area contributed by atoms with E-state index in [1.165, 1.54) is 11.3 Å². The Balaban J connectivity index is 1.37. The predicted molar refractivity (Wildman–Crippen MR) is 144 cm³/mol. The number of benzene rings is 2. The van der Waals surface area contributed by atoms with Crippen molar-refractivity contribution in [1.82, 2.24) is 9.88 Å². The highest BCUT2D eigenvalue weighted by Crippen LogP contribution is 2.46. The Hall–Kier alpha value is -3.14. The highest BCUT2D eigenvalue weighted by atomic mass is 16.5. The van der Waals surface area contributed by atoms with Crippen LogP contribution in [-0.2, 0) is 16.6 Å². The number of morpholine rings is 1. The lowest BCUT2D eigenvalue weighted by molar-refractivity contribution is 0.0115. The van der Waals surface area contributed by atoms with Gasteiger partial charge in [-0.15, -0.1) is 0 Å². The maximum atomic E-state index is 13.9. The van der Waals surface area contributed by atoms with Crippen LogP contribution in [0, 0.1) is 6.57 Å². The fraction of sp³-hybridized carbons (Fsp3) is 0.467. The number of carbonyl (C=O) groups excluding carboxylic acids is 1. The summed E-state index contributed by atoms with van der Waals surface area (Å²) >= 11 is 0. The molecule has 6 rings (SSSR count). The molecule has 1 aliphatic carbocycles. The van der Waals surface area contributed by atoms with Crippen LogP contribution in [0.25, 0.3) is 15.7 Å². The number of rotatable bonds is 3. The Bertz CT molecular complexity index is 1380. The van der Waals surface area contributed by atoms with Gasteiger partial charge in [0.1, 0.15) is 0 Å². The molecule has 3 heterocycles. The summed E-state index contributed by atoms with van der Waals surface area (Å²) in [6.45, 7) is 19.9. The number of aromatic amines is 1. The zero-order valence-electron chi connectivity index (χ0n) is 21.5. The first-order valence-electron chi connectivity index (χ1n) is 13.2. The van der Waals surface area contributed by atoms with Crippen LogP contribution in [0.15, 0.2) is 30.3 Å². The highest BCUT2D eigenvalue weighted by Gasteiger charge is 2.40. The predicted octanol–water partition coefficient (Wildman–Crippen LogP) is 5.45. The Morgan fingerprint density at radius 3 is 2.56 bits per heavy atom. The fourth-order valence-electron chi connectivity index (χ4n) is 6.56. The summed E-state index contributed by atoms with van der Waals surface area (Å²) in [7, 11) is 0. The minimum atomic E-state index is -0.344. The van der Waals surface area contributed by atoms with Gasteiger partial charge in [0.2, 0.25) is 0 Å². The molecule has 6 nitrogen and oxygen atoms in total. The summed E-state index contributed by atoms with van der Waals surface area (Å²) in [5.41, 5.74) is 7.28. The molecule has 0 saturated carbocycles. The van der Waals surface area contributed by atoms with Gasteiger partial charge in [-0.3, -0.25) is 9.69 Å². The molecule has 3 aromatic rings. The monoisotopic (exact) mass is 482 g/mol. The van der Waals surface area contributed by atoms with Gasteiger partial charge >= 0.3 is 0 Å². The van der Waals surface area contributed by atoms with Crippen LogP contribution in [-0.4, -0.2) is 61.1 Å². The van der Waals surface area contributed by atoms with Crippen molar-refractivity contribution in [3.05, 3.63) is 69.7 Å². The van der Waals surface area contributed by atoms with Crippen molar-refractivity contribution in [2.75, 3.05) is 44.3 Å². The van der Waals surface area contributed by atoms with Crippen LogP contribution in [0.5, 0.6) is 0 Å². The fourth-order valence-corrected chi connectivity index (χ4v) is 6.56. The molecule has 2 aromatic carbocycles. The molecule has 0 radical (unpaired) electrons. The molecule has 36 heavy (non-hydrogen) atoms. The Labute approximate surface area is 213 Å². The first kappa shape index (κ1) is 23.3. The largest absolute Gasteiger partial charge is 0.379 e. The van der Waals surface area contributed by atoms with Gasteiger partial charge in [-0.05, 0) is 48.6 Å². The average Bonchev–Trinajstić information content (AvgIpc) is 3.32. The van der Waals surface area contributed by atoms with Gasteiger partial charge in [0, 0.05) is 65.5 Å². The number of hydrogen-bond acceptors (Lipinski definition) is 4. The van der Waals surface area contributed by atoms with Gasteiger partial charge in [0.05, 0.1) is 25.3 Å². The number of nitrogens with one attached hydrogen (secondary N) is 1. The molecule has 2 aliphatic heterocycles. The molecule has 2 fully saturated rings. The van der Waals surface area contributed by atoms with Crippen molar-refractivity contribution in [3.8, 4) is 0 Å². The molecule has 0 bridgehead atoms. The van der Waals surface area contributed by atoms with Gasteiger partial charge < -0.3 is 14.6 Å². The van der Waals surface area contributed by atoms with E-state index in [0.29, 0.717) is 11.7 Å². The molecule has 186 valence electrons. The molecular weight excluding hydrogens is 448 g/mol. The molecule has 3 aliphatic rings. The summed E-state index contributed by atoms with van der Waals surface area (Å²) < 4.78 is 5.55. The molecule has 0 amide bonds. The number of anilines is 1. The average molecular weight is 483 g/mol. The molecule has 6 heteroatoms. The number of ketones is 1. The lowest BCUT2D eigenvalue weighted by Crippen LogP contribution is -2.49. The highest BCUT2D eigenvalue weighted by molar-refractivity contribution is 6.20. The van der Waals surface area contributed by atoms with Crippen LogP contribution >= 0.6 is 0 Å². The van der Waals surface area contributed by atoms with Gasteiger partial charge in [0.15, 0.2) is 11.5 Å². The van der Waals surface area contributed by atoms with Crippen LogP contribution < -0.4 is 4.90 Å². The lowest BCUT2D eigenvalue weighted by Gasteiger charge is -2.42. The number of hydrogen-bond donors (Lipinski definition) is 1. The van der Waals surface area contributed by atoms with E-state index in [9.17, 15) is 4.79 Å². The second-order valence-electron chi connectivity index (χ2n) is 10.9. The molecule has 0 unspecified atom stereocenters. The van der Waals surface area contributed by atoms with Crippen molar-refractivity contribution < 1.29 is 9.53 Å². The summed E-state index contributed by atoms with van der Waals surface area (Å²) in [5, 5.41) is 0.911. The second-order valence-corrected chi connectivity index (χ2v) is 10.9. The van der Waals surface area contributed by atoms with Crippen molar-refractivity contribution in [2.24, 2.45) is 0 Å². The third-order valence-electron chi connectivity index (χ3n) is 8.65. The number of nitrogens with zero attached hydrogens (tertiary/aromatic N) is 3. The number of piperidine rings is 1. The smallest absolute Gasteiger partial charge is 0.195 e. The second kappa shape index (κ2) is 8.76. The Morgan fingerprint density at radius 1 is 1.11 bits per heavy atom. The number of H-pyrrole nitrogens is 1.